The van der Waals surface area contributed by atoms with E-state index < -0.39 is 0 Å². The molecule has 1 N–H and O–H groups in total. The lowest BCUT2D eigenvalue weighted by Gasteiger charge is -2.09. The summed E-state index contributed by atoms with van der Waals surface area (Å²) in [5.41, 5.74) is 0. The van der Waals surface area contributed by atoms with Gasteiger partial charge < -0.3 is 29.1 Å². The number of aliphatic hydroxyl groups is 1. The zero-order valence-corrected chi connectivity index (χ0v) is 16.8. The largest absolute Gasteiger partial charge is 0.394 e. The number of likely N-dealkylation sites (N-methyl/N-ethyl adjacent to an activating group) is 2. The van der Waals surface area contributed by atoms with E-state index in [0.29, 0.717) is 39.5 Å². The number of nitriles is 2. The summed E-state index contributed by atoms with van der Waals surface area (Å²) >= 11 is 0. The average molecular weight is 389 g/mol. The van der Waals surface area contributed by atoms with E-state index in [-0.39, 0.29) is 14.0 Å². The predicted molar refractivity (Wildman–Crippen MR) is 109 cm³/mol. The highest BCUT2D eigenvalue weighted by Crippen LogP contribution is 1.83. The standard InChI is InChI=1S/C9H18N2O2.C6H15NO2.C3H3N.CH4/c1-11(2)5-7-13-9-8-12-6-3-4-10;1-7(2)3-5-9-6-4-8;1-2-3-4;/h3,5-9H2,1-2H3;8H,3-6H2,1-2H3;2H,1H2;1H4. The van der Waals surface area contributed by atoms with Gasteiger partial charge in [-0.2, -0.15) is 10.5 Å². The summed E-state index contributed by atoms with van der Waals surface area (Å²) in [6, 6.07) is 3.71. The molecule has 0 unspecified atom stereocenters. The number of aliphatic hydroxyl groups excluding tert-OH is 1. The third-order valence-corrected chi connectivity index (χ3v) is 2.42. The molecule has 0 rings (SSSR count). The van der Waals surface area contributed by atoms with Crippen LogP contribution in [0, 0.1) is 22.7 Å². The van der Waals surface area contributed by atoms with Crippen LogP contribution in [0.5, 0.6) is 0 Å². The summed E-state index contributed by atoms with van der Waals surface area (Å²) in [6.45, 7) is 8.66. The summed E-state index contributed by atoms with van der Waals surface area (Å²) < 4.78 is 15.4. The molecule has 8 heteroatoms. The Kier molecular flexibility index (Phi) is 39.4. The molecule has 0 aliphatic heterocycles. The van der Waals surface area contributed by atoms with E-state index in [0.717, 1.165) is 19.7 Å². The molecule has 0 aliphatic rings. The van der Waals surface area contributed by atoms with Gasteiger partial charge in [0.1, 0.15) is 0 Å². The van der Waals surface area contributed by atoms with Crippen molar-refractivity contribution >= 4 is 0 Å². The van der Waals surface area contributed by atoms with Crippen LogP contribution in [0.15, 0.2) is 12.7 Å². The fourth-order valence-corrected chi connectivity index (χ4v) is 1.10. The van der Waals surface area contributed by atoms with Crippen molar-refractivity contribution in [3.8, 4) is 12.1 Å². The smallest absolute Gasteiger partial charge is 0.0905 e. The molecule has 0 radical (unpaired) electrons. The van der Waals surface area contributed by atoms with Crippen molar-refractivity contribution in [3.05, 3.63) is 12.7 Å². The Bertz CT molecular complexity index is 353. The van der Waals surface area contributed by atoms with Crippen LogP contribution in [0.2, 0.25) is 0 Å². The summed E-state index contributed by atoms with van der Waals surface area (Å²) in [6.07, 6.45) is 1.64. The van der Waals surface area contributed by atoms with E-state index in [1.807, 2.05) is 39.2 Å². The third kappa shape index (κ3) is 51.6. The minimum Gasteiger partial charge on any atom is -0.394 e. The van der Waals surface area contributed by atoms with Crippen molar-refractivity contribution in [2.75, 3.05) is 87.5 Å². The molecule has 0 bridgehead atoms. The molecule has 0 saturated carbocycles. The molecule has 0 aromatic rings. The van der Waals surface area contributed by atoms with Gasteiger partial charge in [0, 0.05) is 19.2 Å². The number of nitrogens with zero attached hydrogens (tertiary/aromatic N) is 4. The van der Waals surface area contributed by atoms with Crippen LogP contribution >= 0.6 is 0 Å². The Morgan fingerprint density at radius 3 is 1.59 bits per heavy atom. The Morgan fingerprint density at radius 1 is 0.852 bits per heavy atom. The molecule has 160 valence electrons. The fourth-order valence-electron chi connectivity index (χ4n) is 1.10. The summed E-state index contributed by atoms with van der Waals surface area (Å²) in [5.74, 6) is 0. The first-order valence-electron chi connectivity index (χ1n) is 8.47. The lowest BCUT2D eigenvalue weighted by atomic mass is 10.5. The molecule has 8 nitrogen and oxygen atoms in total. The van der Waals surface area contributed by atoms with Gasteiger partial charge in [-0.25, -0.2) is 0 Å². The quantitative estimate of drug-likeness (QED) is 0.373. The fraction of sp³-hybridized carbons (Fsp3) is 0.789. The molecule has 0 heterocycles. The third-order valence-electron chi connectivity index (χ3n) is 2.42. The Hall–Kier alpha value is -1.52. The number of hydrogen-bond acceptors (Lipinski definition) is 8. The summed E-state index contributed by atoms with van der Waals surface area (Å²) in [7, 11) is 7.99. The zero-order chi connectivity index (χ0) is 20.5. The van der Waals surface area contributed by atoms with Crippen molar-refractivity contribution in [3.63, 3.8) is 0 Å². The van der Waals surface area contributed by atoms with Gasteiger partial charge in [0.15, 0.2) is 0 Å². The zero-order valence-electron chi connectivity index (χ0n) is 16.8. The monoisotopic (exact) mass is 388 g/mol. The maximum atomic E-state index is 8.29. The first-order chi connectivity index (χ1) is 12.5. The molecule has 0 spiro atoms. The maximum absolute atomic E-state index is 8.29. The van der Waals surface area contributed by atoms with Crippen LogP contribution < -0.4 is 0 Å². The van der Waals surface area contributed by atoms with Gasteiger partial charge in [-0.1, -0.05) is 14.0 Å². The second-order valence-corrected chi connectivity index (χ2v) is 5.41. The van der Waals surface area contributed by atoms with Gasteiger partial charge in [0.05, 0.1) is 64.8 Å². The van der Waals surface area contributed by atoms with Gasteiger partial charge in [-0.3, -0.25) is 0 Å². The first-order valence-corrected chi connectivity index (χ1v) is 8.47. The number of ether oxygens (including phenoxy) is 3. The normalized spacial score (nSPS) is 9.07. The minimum atomic E-state index is 0. The highest BCUT2D eigenvalue weighted by molar-refractivity contribution is 4.93. The maximum Gasteiger partial charge on any atom is 0.0905 e. The number of rotatable bonds is 13. The van der Waals surface area contributed by atoms with Crippen LogP contribution in [0.25, 0.3) is 0 Å². The van der Waals surface area contributed by atoms with Crippen LogP contribution in [0.1, 0.15) is 13.8 Å². The molecule has 0 fully saturated rings. The topological polar surface area (TPSA) is 102 Å². The Balaban J connectivity index is -0.000000165. The van der Waals surface area contributed by atoms with Crippen molar-refractivity contribution < 1.29 is 19.3 Å². The van der Waals surface area contributed by atoms with Crippen molar-refractivity contribution in [2.24, 2.45) is 0 Å². The van der Waals surface area contributed by atoms with Gasteiger partial charge in [0.2, 0.25) is 0 Å². The van der Waals surface area contributed by atoms with Crippen molar-refractivity contribution in [1.29, 1.82) is 10.5 Å². The van der Waals surface area contributed by atoms with Crippen LogP contribution in [-0.2, 0) is 14.2 Å². The minimum absolute atomic E-state index is 0. The van der Waals surface area contributed by atoms with E-state index in [2.05, 4.69) is 11.5 Å². The van der Waals surface area contributed by atoms with Gasteiger partial charge in [0.25, 0.3) is 0 Å². The van der Waals surface area contributed by atoms with Crippen molar-refractivity contribution in [1.82, 2.24) is 9.80 Å². The highest BCUT2D eigenvalue weighted by atomic mass is 16.5. The molecule has 0 aromatic heterocycles. The van der Waals surface area contributed by atoms with E-state index in [4.69, 9.17) is 29.8 Å². The molecule has 0 aromatic carbocycles. The number of hydrogen-bond donors (Lipinski definition) is 1. The second-order valence-electron chi connectivity index (χ2n) is 5.41. The lowest BCUT2D eigenvalue weighted by molar-refractivity contribution is 0.0446. The van der Waals surface area contributed by atoms with E-state index in [1.54, 1.807) is 6.07 Å². The van der Waals surface area contributed by atoms with Gasteiger partial charge in [-0.15, -0.1) is 0 Å². The molecular formula is C19H40N4O4. The van der Waals surface area contributed by atoms with Crippen LogP contribution in [-0.4, -0.2) is 102 Å². The molecule has 27 heavy (non-hydrogen) atoms. The van der Waals surface area contributed by atoms with Crippen LogP contribution in [0.3, 0.4) is 0 Å². The highest BCUT2D eigenvalue weighted by Gasteiger charge is 1.91. The number of allylic oxidation sites excluding steroid dienone is 1. The van der Waals surface area contributed by atoms with E-state index in [9.17, 15) is 0 Å². The molecule has 0 aliphatic carbocycles. The van der Waals surface area contributed by atoms with E-state index in [1.165, 1.54) is 6.08 Å². The van der Waals surface area contributed by atoms with Gasteiger partial charge >= 0.3 is 0 Å². The first kappa shape index (κ1) is 33.1. The second kappa shape index (κ2) is 32.2. The van der Waals surface area contributed by atoms with Crippen LogP contribution in [0.4, 0.5) is 0 Å². The predicted octanol–water partition coefficient (Wildman–Crippen LogP) is 1.38. The summed E-state index contributed by atoms with van der Waals surface area (Å²) in [4.78, 5) is 4.11. The van der Waals surface area contributed by atoms with E-state index >= 15 is 0 Å². The Labute approximate surface area is 166 Å². The SMILES string of the molecule is C.C=CC#N.CN(C)CCOCCO.CN(C)CCOCCOCCC#N. The average Bonchev–Trinajstić information content (AvgIpc) is 2.61. The molecular weight excluding hydrogens is 348 g/mol. The molecule has 0 saturated heterocycles. The van der Waals surface area contributed by atoms with Gasteiger partial charge in [-0.05, 0) is 28.2 Å². The summed E-state index contributed by atoms with van der Waals surface area (Å²) in [5, 5.41) is 24.0. The lowest BCUT2D eigenvalue weighted by Crippen LogP contribution is -2.19. The van der Waals surface area contributed by atoms with Crippen molar-refractivity contribution in [2.45, 2.75) is 13.8 Å². The molecule has 0 amide bonds. The Morgan fingerprint density at radius 2 is 1.26 bits per heavy atom. The molecule has 0 atom stereocenters.